The van der Waals surface area contributed by atoms with Gasteiger partial charge in [-0.25, -0.2) is 13.2 Å². The Morgan fingerprint density at radius 1 is 0.947 bits per heavy atom. The molecule has 0 saturated heterocycles. The molecule has 2 aromatic rings. The summed E-state index contributed by atoms with van der Waals surface area (Å²) in [5.74, 6) is -1.25. The maximum Gasteiger partial charge on any atom is 0.128 e. The van der Waals surface area contributed by atoms with Gasteiger partial charge >= 0.3 is 0 Å². The lowest BCUT2D eigenvalue weighted by Crippen LogP contribution is -2.20. The van der Waals surface area contributed by atoms with Crippen molar-refractivity contribution in [2.24, 2.45) is 0 Å². The first-order valence-electron chi connectivity index (χ1n) is 5.97. The van der Waals surface area contributed by atoms with Gasteiger partial charge in [-0.1, -0.05) is 12.1 Å². The van der Waals surface area contributed by atoms with Gasteiger partial charge in [0.25, 0.3) is 0 Å². The smallest absolute Gasteiger partial charge is 0.128 e. The minimum absolute atomic E-state index is 0.270. The van der Waals surface area contributed by atoms with E-state index in [2.05, 4.69) is 5.32 Å². The number of likely N-dealkylation sites (N-methyl/N-ethyl adjacent to an activating group) is 1. The summed E-state index contributed by atoms with van der Waals surface area (Å²) >= 11 is 0. The molecule has 1 N–H and O–H groups in total. The molecule has 0 radical (unpaired) electrons. The van der Waals surface area contributed by atoms with Gasteiger partial charge in [0.2, 0.25) is 0 Å². The molecule has 19 heavy (non-hydrogen) atoms. The van der Waals surface area contributed by atoms with Gasteiger partial charge in [0.1, 0.15) is 17.5 Å². The quantitative estimate of drug-likeness (QED) is 0.890. The van der Waals surface area contributed by atoms with Gasteiger partial charge < -0.3 is 5.32 Å². The van der Waals surface area contributed by atoms with Crippen molar-refractivity contribution in [1.29, 1.82) is 0 Å². The minimum Gasteiger partial charge on any atom is -0.313 e. The van der Waals surface area contributed by atoms with Crippen LogP contribution in [0.15, 0.2) is 42.5 Å². The van der Waals surface area contributed by atoms with Crippen LogP contribution < -0.4 is 5.32 Å². The summed E-state index contributed by atoms with van der Waals surface area (Å²) in [6.07, 6.45) is 0.456. The molecule has 0 bridgehead atoms. The second-order valence-electron chi connectivity index (χ2n) is 4.34. The lowest BCUT2D eigenvalue weighted by Gasteiger charge is -2.17. The van der Waals surface area contributed by atoms with Crippen LogP contribution in [0.1, 0.15) is 17.2 Å². The zero-order chi connectivity index (χ0) is 13.8. The van der Waals surface area contributed by atoms with E-state index in [4.69, 9.17) is 0 Å². The third-order valence-corrected chi connectivity index (χ3v) is 3.04. The molecule has 0 fully saturated rings. The topological polar surface area (TPSA) is 12.0 Å². The normalized spacial score (nSPS) is 12.4. The monoisotopic (exact) mass is 265 g/mol. The molecule has 0 heterocycles. The number of hydrogen-bond donors (Lipinski definition) is 1. The van der Waals surface area contributed by atoms with E-state index in [1.807, 2.05) is 0 Å². The molecule has 0 spiro atoms. The fraction of sp³-hybridized carbons (Fsp3) is 0.200. The van der Waals surface area contributed by atoms with Crippen LogP contribution in [0.3, 0.4) is 0 Å². The standard InChI is InChI=1S/C15H14F3N/c1-19-15(8-10-2-4-11(16)5-3-10)13-9-12(17)6-7-14(13)18/h2-7,9,15,19H,8H2,1H3. The molecule has 4 heteroatoms. The van der Waals surface area contributed by atoms with E-state index in [9.17, 15) is 13.2 Å². The Bertz CT molecular complexity index is 552. The summed E-state index contributed by atoms with van der Waals surface area (Å²) in [5.41, 5.74) is 1.12. The highest BCUT2D eigenvalue weighted by atomic mass is 19.1. The van der Waals surface area contributed by atoms with Crippen molar-refractivity contribution in [3.05, 3.63) is 71.0 Å². The van der Waals surface area contributed by atoms with Gasteiger partial charge in [0.05, 0.1) is 0 Å². The Kier molecular flexibility index (Phi) is 4.22. The Hall–Kier alpha value is -1.81. The summed E-state index contributed by atoms with van der Waals surface area (Å²) in [6, 6.07) is 8.99. The first-order valence-corrected chi connectivity index (χ1v) is 5.97. The number of halogens is 3. The van der Waals surface area contributed by atoms with Crippen molar-refractivity contribution in [3.63, 3.8) is 0 Å². The Morgan fingerprint density at radius 2 is 1.58 bits per heavy atom. The van der Waals surface area contributed by atoms with E-state index in [0.29, 0.717) is 6.42 Å². The van der Waals surface area contributed by atoms with Crippen molar-refractivity contribution in [2.75, 3.05) is 7.05 Å². The van der Waals surface area contributed by atoms with Crippen LogP contribution in [-0.2, 0) is 6.42 Å². The first-order chi connectivity index (χ1) is 9.10. The Morgan fingerprint density at radius 3 is 2.21 bits per heavy atom. The molecule has 1 unspecified atom stereocenters. The molecule has 1 nitrogen and oxygen atoms in total. The van der Waals surface area contributed by atoms with Gasteiger partial charge in [-0.05, 0) is 49.4 Å². The molecule has 1 atom stereocenters. The molecular weight excluding hydrogens is 251 g/mol. The van der Waals surface area contributed by atoms with E-state index >= 15 is 0 Å². The lowest BCUT2D eigenvalue weighted by molar-refractivity contribution is 0.522. The Labute approximate surface area is 110 Å². The highest BCUT2D eigenvalue weighted by Crippen LogP contribution is 2.22. The third kappa shape index (κ3) is 3.35. The third-order valence-electron chi connectivity index (χ3n) is 3.04. The van der Waals surface area contributed by atoms with Crippen LogP contribution in [-0.4, -0.2) is 7.05 Å². The molecule has 2 aromatic carbocycles. The van der Waals surface area contributed by atoms with Crippen LogP contribution in [0.25, 0.3) is 0 Å². The predicted molar refractivity (Wildman–Crippen MR) is 68.3 cm³/mol. The van der Waals surface area contributed by atoms with E-state index < -0.39 is 11.6 Å². The van der Waals surface area contributed by atoms with Crippen LogP contribution in [0.2, 0.25) is 0 Å². The van der Waals surface area contributed by atoms with E-state index in [1.54, 1.807) is 19.2 Å². The van der Waals surface area contributed by atoms with Crippen molar-refractivity contribution in [1.82, 2.24) is 5.32 Å². The summed E-state index contributed by atoms with van der Waals surface area (Å²) in [5, 5.41) is 2.95. The average Bonchev–Trinajstić information content (AvgIpc) is 2.41. The van der Waals surface area contributed by atoms with Gasteiger partial charge in [-0.15, -0.1) is 0 Å². The molecule has 2 rings (SSSR count). The molecule has 0 aliphatic carbocycles. The molecule has 100 valence electrons. The lowest BCUT2D eigenvalue weighted by atomic mass is 9.98. The second-order valence-corrected chi connectivity index (χ2v) is 4.34. The zero-order valence-electron chi connectivity index (χ0n) is 10.5. The SMILES string of the molecule is CNC(Cc1ccc(F)cc1)c1cc(F)ccc1F. The van der Waals surface area contributed by atoms with Crippen molar-refractivity contribution in [3.8, 4) is 0 Å². The first kappa shape index (κ1) is 13.6. The Balaban J connectivity index is 2.24. The van der Waals surface area contributed by atoms with Crippen LogP contribution >= 0.6 is 0 Å². The number of rotatable bonds is 4. The number of nitrogens with one attached hydrogen (secondary N) is 1. The summed E-state index contributed by atoms with van der Waals surface area (Å²) < 4.78 is 39.7. The van der Waals surface area contributed by atoms with E-state index in [0.717, 1.165) is 17.7 Å². The average molecular weight is 265 g/mol. The van der Waals surface area contributed by atoms with Crippen molar-refractivity contribution >= 4 is 0 Å². The number of benzene rings is 2. The van der Waals surface area contributed by atoms with E-state index in [-0.39, 0.29) is 17.4 Å². The van der Waals surface area contributed by atoms with Gasteiger partial charge in [0, 0.05) is 11.6 Å². The van der Waals surface area contributed by atoms with Gasteiger partial charge in [0.15, 0.2) is 0 Å². The fourth-order valence-electron chi connectivity index (χ4n) is 2.01. The minimum atomic E-state index is -0.476. The summed E-state index contributed by atoms with van der Waals surface area (Å²) in [4.78, 5) is 0. The molecular formula is C15H14F3N. The fourth-order valence-corrected chi connectivity index (χ4v) is 2.01. The van der Waals surface area contributed by atoms with Crippen molar-refractivity contribution in [2.45, 2.75) is 12.5 Å². The zero-order valence-corrected chi connectivity index (χ0v) is 10.5. The predicted octanol–water partition coefficient (Wildman–Crippen LogP) is 3.61. The van der Waals surface area contributed by atoms with Gasteiger partial charge in [-0.2, -0.15) is 0 Å². The van der Waals surface area contributed by atoms with Crippen LogP contribution in [0, 0.1) is 17.5 Å². The van der Waals surface area contributed by atoms with Crippen LogP contribution in [0.4, 0.5) is 13.2 Å². The molecule has 0 aliphatic heterocycles. The second kappa shape index (κ2) is 5.89. The highest BCUT2D eigenvalue weighted by Gasteiger charge is 2.15. The molecule has 0 aromatic heterocycles. The maximum atomic E-state index is 13.7. The van der Waals surface area contributed by atoms with Crippen LogP contribution in [0.5, 0.6) is 0 Å². The highest BCUT2D eigenvalue weighted by molar-refractivity contribution is 5.26. The summed E-state index contributed by atoms with van der Waals surface area (Å²) in [7, 11) is 1.68. The summed E-state index contributed by atoms with van der Waals surface area (Å²) in [6.45, 7) is 0. The number of hydrogen-bond acceptors (Lipinski definition) is 1. The van der Waals surface area contributed by atoms with Crippen molar-refractivity contribution < 1.29 is 13.2 Å². The molecule has 0 saturated carbocycles. The largest absolute Gasteiger partial charge is 0.313 e. The van der Waals surface area contributed by atoms with Gasteiger partial charge in [-0.3, -0.25) is 0 Å². The molecule has 0 amide bonds. The maximum absolute atomic E-state index is 13.7. The molecule has 0 aliphatic rings. The van der Waals surface area contributed by atoms with E-state index in [1.165, 1.54) is 18.2 Å².